The van der Waals surface area contributed by atoms with Crippen molar-refractivity contribution in [2.45, 2.75) is 64.4 Å². The molecule has 0 N–H and O–H groups in total. The summed E-state index contributed by atoms with van der Waals surface area (Å²) in [6.45, 7) is 5.12. The van der Waals surface area contributed by atoms with Gasteiger partial charge in [0.25, 0.3) is 0 Å². The second-order valence-corrected chi connectivity index (χ2v) is 6.20. The Bertz CT molecular complexity index is 433. The van der Waals surface area contributed by atoms with E-state index in [1.807, 2.05) is 18.2 Å². The Balaban J connectivity index is 2.05. The summed E-state index contributed by atoms with van der Waals surface area (Å²) < 4.78 is 12.0. The Morgan fingerprint density at radius 3 is 2.81 bits per heavy atom. The molecule has 1 aromatic rings. The molecule has 118 valence electrons. The Labute approximate surface area is 133 Å². The van der Waals surface area contributed by atoms with Crippen LogP contribution >= 0.6 is 11.6 Å². The molecule has 1 aromatic carbocycles. The Kier molecular flexibility index (Phi) is 6.69. The van der Waals surface area contributed by atoms with Gasteiger partial charge in [0.15, 0.2) is 0 Å². The summed E-state index contributed by atoms with van der Waals surface area (Å²) in [4.78, 5) is 0. The highest BCUT2D eigenvalue weighted by Crippen LogP contribution is 2.33. The zero-order chi connectivity index (χ0) is 15.1. The van der Waals surface area contributed by atoms with Crippen LogP contribution in [0.2, 0.25) is 0 Å². The summed E-state index contributed by atoms with van der Waals surface area (Å²) >= 11 is 6.04. The molecule has 0 aromatic heterocycles. The topological polar surface area (TPSA) is 18.5 Å². The molecule has 1 aliphatic carbocycles. The van der Waals surface area contributed by atoms with E-state index < -0.39 is 0 Å². The van der Waals surface area contributed by atoms with Crippen molar-refractivity contribution in [3.8, 4) is 11.5 Å². The lowest BCUT2D eigenvalue weighted by Gasteiger charge is -2.29. The molecule has 3 heteroatoms. The van der Waals surface area contributed by atoms with Crippen LogP contribution in [-0.2, 0) is 5.88 Å². The van der Waals surface area contributed by atoms with E-state index in [0.717, 1.165) is 48.8 Å². The van der Waals surface area contributed by atoms with Gasteiger partial charge in [-0.15, -0.1) is 11.6 Å². The second kappa shape index (κ2) is 8.53. The maximum atomic E-state index is 6.27. The minimum absolute atomic E-state index is 0.326. The minimum Gasteiger partial charge on any atom is -0.493 e. The normalized spacial score (nSPS) is 22.0. The summed E-state index contributed by atoms with van der Waals surface area (Å²) in [7, 11) is 0. The van der Waals surface area contributed by atoms with Gasteiger partial charge in [-0.25, -0.2) is 0 Å². The van der Waals surface area contributed by atoms with Gasteiger partial charge in [0.2, 0.25) is 0 Å². The zero-order valence-corrected chi connectivity index (χ0v) is 14.0. The molecule has 0 heterocycles. The van der Waals surface area contributed by atoms with Crippen molar-refractivity contribution in [1.82, 2.24) is 0 Å². The molecule has 0 amide bonds. The lowest BCUT2D eigenvalue weighted by atomic mass is 9.85. The van der Waals surface area contributed by atoms with Gasteiger partial charge in [0.05, 0.1) is 18.6 Å². The van der Waals surface area contributed by atoms with Gasteiger partial charge in [-0.1, -0.05) is 32.8 Å². The summed E-state index contributed by atoms with van der Waals surface area (Å²) in [5.41, 5.74) is 1.05. The molecule has 0 spiro atoms. The maximum Gasteiger partial charge on any atom is 0.127 e. The van der Waals surface area contributed by atoms with E-state index in [1.165, 1.54) is 19.3 Å². The predicted molar refractivity (Wildman–Crippen MR) is 88.5 cm³/mol. The number of benzene rings is 1. The Morgan fingerprint density at radius 2 is 2.10 bits per heavy atom. The number of halogens is 1. The first-order valence-electron chi connectivity index (χ1n) is 8.25. The SMILES string of the molecule is CCCOc1ccc(CCl)c(OC2CCCC(CC)C2)c1. The molecule has 1 aliphatic rings. The number of rotatable bonds is 7. The molecule has 21 heavy (non-hydrogen) atoms. The third-order valence-corrected chi connectivity index (χ3v) is 4.55. The van der Waals surface area contributed by atoms with Gasteiger partial charge in [0, 0.05) is 11.6 Å². The quantitative estimate of drug-likeness (QED) is 0.614. The molecule has 2 atom stereocenters. The van der Waals surface area contributed by atoms with Crippen molar-refractivity contribution in [3.63, 3.8) is 0 Å². The smallest absolute Gasteiger partial charge is 0.127 e. The van der Waals surface area contributed by atoms with Crippen molar-refractivity contribution in [2.75, 3.05) is 6.61 Å². The Hall–Kier alpha value is -0.890. The van der Waals surface area contributed by atoms with E-state index in [9.17, 15) is 0 Å². The molecular formula is C18H27ClO2. The van der Waals surface area contributed by atoms with Crippen LogP contribution in [0.3, 0.4) is 0 Å². The van der Waals surface area contributed by atoms with Gasteiger partial charge in [-0.05, 0) is 37.7 Å². The van der Waals surface area contributed by atoms with Crippen molar-refractivity contribution in [3.05, 3.63) is 23.8 Å². The molecule has 0 radical (unpaired) electrons. The first kappa shape index (κ1) is 16.5. The first-order chi connectivity index (χ1) is 10.3. The standard InChI is InChI=1S/C18H27ClO2/c1-3-10-20-16-9-8-15(13-19)18(12-16)21-17-7-5-6-14(4-2)11-17/h8-9,12,14,17H,3-7,10-11,13H2,1-2H3. The average molecular weight is 311 g/mol. The van der Waals surface area contributed by atoms with Crippen LogP contribution in [-0.4, -0.2) is 12.7 Å². The van der Waals surface area contributed by atoms with E-state index in [-0.39, 0.29) is 0 Å². The van der Waals surface area contributed by atoms with Crippen molar-refractivity contribution >= 4 is 11.6 Å². The highest BCUT2D eigenvalue weighted by molar-refractivity contribution is 6.17. The molecule has 0 saturated heterocycles. The summed E-state index contributed by atoms with van der Waals surface area (Å²) in [5, 5.41) is 0. The van der Waals surface area contributed by atoms with E-state index in [2.05, 4.69) is 13.8 Å². The third kappa shape index (κ3) is 4.81. The fourth-order valence-electron chi connectivity index (χ4n) is 2.96. The summed E-state index contributed by atoms with van der Waals surface area (Å²) in [6, 6.07) is 6.01. The number of alkyl halides is 1. The molecule has 2 nitrogen and oxygen atoms in total. The van der Waals surface area contributed by atoms with Crippen molar-refractivity contribution < 1.29 is 9.47 Å². The average Bonchev–Trinajstić information content (AvgIpc) is 2.53. The lowest BCUT2D eigenvalue weighted by molar-refractivity contribution is 0.121. The van der Waals surface area contributed by atoms with E-state index in [0.29, 0.717) is 12.0 Å². The van der Waals surface area contributed by atoms with Crippen molar-refractivity contribution in [2.24, 2.45) is 5.92 Å². The van der Waals surface area contributed by atoms with Gasteiger partial charge in [-0.3, -0.25) is 0 Å². The maximum absolute atomic E-state index is 6.27. The minimum atomic E-state index is 0.326. The lowest BCUT2D eigenvalue weighted by Crippen LogP contribution is -2.25. The fourth-order valence-corrected chi connectivity index (χ4v) is 3.18. The van der Waals surface area contributed by atoms with Crippen LogP contribution in [0.1, 0.15) is 57.9 Å². The first-order valence-corrected chi connectivity index (χ1v) is 8.78. The van der Waals surface area contributed by atoms with Gasteiger partial charge < -0.3 is 9.47 Å². The van der Waals surface area contributed by atoms with Crippen LogP contribution in [0.25, 0.3) is 0 Å². The zero-order valence-electron chi connectivity index (χ0n) is 13.2. The van der Waals surface area contributed by atoms with Crippen LogP contribution in [0.5, 0.6) is 11.5 Å². The third-order valence-electron chi connectivity index (χ3n) is 4.26. The molecule has 1 saturated carbocycles. The molecule has 1 fully saturated rings. The molecular weight excluding hydrogens is 284 g/mol. The number of ether oxygens (including phenoxy) is 2. The van der Waals surface area contributed by atoms with Gasteiger partial charge in [-0.2, -0.15) is 0 Å². The highest BCUT2D eigenvalue weighted by atomic mass is 35.5. The van der Waals surface area contributed by atoms with E-state index in [4.69, 9.17) is 21.1 Å². The van der Waals surface area contributed by atoms with Crippen LogP contribution in [0.15, 0.2) is 18.2 Å². The van der Waals surface area contributed by atoms with E-state index in [1.54, 1.807) is 0 Å². The second-order valence-electron chi connectivity index (χ2n) is 5.93. The fraction of sp³-hybridized carbons (Fsp3) is 0.667. The monoisotopic (exact) mass is 310 g/mol. The van der Waals surface area contributed by atoms with E-state index >= 15 is 0 Å². The molecule has 2 unspecified atom stereocenters. The largest absolute Gasteiger partial charge is 0.493 e. The van der Waals surface area contributed by atoms with Crippen LogP contribution < -0.4 is 9.47 Å². The van der Waals surface area contributed by atoms with Gasteiger partial charge >= 0.3 is 0 Å². The predicted octanol–water partition coefficient (Wildman–Crippen LogP) is 5.56. The summed E-state index contributed by atoms with van der Waals surface area (Å²) in [5.74, 6) is 3.07. The number of hydrogen-bond donors (Lipinski definition) is 0. The summed E-state index contributed by atoms with van der Waals surface area (Å²) in [6.07, 6.45) is 7.52. The number of hydrogen-bond acceptors (Lipinski definition) is 2. The van der Waals surface area contributed by atoms with Crippen LogP contribution in [0.4, 0.5) is 0 Å². The van der Waals surface area contributed by atoms with Crippen LogP contribution in [0, 0.1) is 5.92 Å². The Morgan fingerprint density at radius 1 is 1.24 bits per heavy atom. The van der Waals surface area contributed by atoms with Crippen molar-refractivity contribution in [1.29, 1.82) is 0 Å². The molecule has 2 rings (SSSR count). The molecule has 0 bridgehead atoms. The molecule has 0 aliphatic heterocycles. The highest BCUT2D eigenvalue weighted by Gasteiger charge is 2.23. The van der Waals surface area contributed by atoms with Gasteiger partial charge in [0.1, 0.15) is 11.5 Å².